The van der Waals surface area contributed by atoms with Crippen molar-refractivity contribution in [2.45, 2.75) is 49.5 Å². The van der Waals surface area contributed by atoms with Crippen molar-refractivity contribution in [1.29, 1.82) is 0 Å². The molecule has 1 heterocycles. The Labute approximate surface area is 142 Å². The van der Waals surface area contributed by atoms with Crippen LogP contribution in [0.1, 0.15) is 50.1 Å². The Morgan fingerprint density at radius 3 is 2.21 bits per heavy atom. The van der Waals surface area contributed by atoms with E-state index in [0.717, 1.165) is 24.8 Å². The van der Waals surface area contributed by atoms with Crippen molar-refractivity contribution in [3.63, 3.8) is 0 Å². The quantitative estimate of drug-likeness (QED) is 0.896. The van der Waals surface area contributed by atoms with Gasteiger partial charge in [0.15, 0.2) is 9.84 Å². The van der Waals surface area contributed by atoms with Crippen molar-refractivity contribution >= 4 is 15.7 Å². The molecule has 4 saturated carbocycles. The zero-order chi connectivity index (χ0) is 16.5. The predicted molar refractivity (Wildman–Crippen MR) is 90.0 cm³/mol. The summed E-state index contributed by atoms with van der Waals surface area (Å²) < 4.78 is 24.7. The van der Waals surface area contributed by atoms with E-state index >= 15 is 0 Å². The van der Waals surface area contributed by atoms with Crippen molar-refractivity contribution in [2.75, 3.05) is 5.75 Å². The highest BCUT2D eigenvalue weighted by molar-refractivity contribution is 7.91. The lowest BCUT2D eigenvalue weighted by Crippen LogP contribution is -2.54. The fraction of sp³-hybridized carbons (Fsp3) is 0.632. The van der Waals surface area contributed by atoms with Crippen molar-refractivity contribution in [1.82, 2.24) is 5.32 Å². The maximum atomic E-state index is 13.2. The van der Waals surface area contributed by atoms with E-state index in [1.165, 1.54) is 19.3 Å². The number of hydrogen-bond donors (Lipinski definition) is 1. The van der Waals surface area contributed by atoms with Crippen molar-refractivity contribution < 1.29 is 13.2 Å². The Hall–Kier alpha value is -1.36. The molecule has 1 aromatic rings. The molecule has 1 aliphatic heterocycles. The van der Waals surface area contributed by atoms with Gasteiger partial charge in [0.2, 0.25) is 5.91 Å². The van der Waals surface area contributed by atoms with Crippen LogP contribution in [0.4, 0.5) is 0 Å². The summed E-state index contributed by atoms with van der Waals surface area (Å²) in [6.07, 6.45) is 6.91. The fourth-order valence-electron chi connectivity index (χ4n) is 6.27. The van der Waals surface area contributed by atoms with Gasteiger partial charge in [-0.15, -0.1) is 0 Å². The summed E-state index contributed by atoms with van der Waals surface area (Å²) in [5.74, 6) is 2.24. The van der Waals surface area contributed by atoms with Crippen LogP contribution in [-0.4, -0.2) is 20.1 Å². The van der Waals surface area contributed by atoms with E-state index in [4.69, 9.17) is 0 Å². The van der Waals surface area contributed by atoms with E-state index in [9.17, 15) is 13.2 Å². The molecular formula is C19H23NO3S. The van der Waals surface area contributed by atoms with Crippen LogP contribution in [0.25, 0.3) is 0 Å². The second-order valence-corrected chi connectivity index (χ2v) is 10.5. The first-order valence-electron chi connectivity index (χ1n) is 9.08. The molecule has 128 valence electrons. The summed E-state index contributed by atoms with van der Waals surface area (Å²) in [6, 6.07) is 6.71. The second-order valence-electron chi connectivity index (χ2n) is 8.54. The molecule has 6 rings (SSSR count). The standard InChI is InChI=1S/C19H23NO3S/c21-18(19-8-12-5-13(9-19)7-14(6-12)10-19)20-16-11-24(22,23)17-4-2-1-3-15(16)17/h1-4,12-14,16H,5-11H2,(H,20,21)/t12?,13?,14?,16-,19?/m0/s1. The van der Waals surface area contributed by atoms with Gasteiger partial charge in [-0.1, -0.05) is 18.2 Å². The minimum Gasteiger partial charge on any atom is -0.348 e. The predicted octanol–water partition coefficient (Wildman–Crippen LogP) is 2.85. The molecule has 4 aliphatic carbocycles. The normalized spacial score (nSPS) is 41.2. The molecule has 4 nitrogen and oxygen atoms in total. The lowest BCUT2D eigenvalue weighted by Gasteiger charge is -2.55. The van der Waals surface area contributed by atoms with Crippen LogP contribution >= 0.6 is 0 Å². The number of sulfone groups is 1. The average molecular weight is 345 g/mol. The number of amides is 1. The number of nitrogens with one attached hydrogen (secondary N) is 1. The van der Waals surface area contributed by atoms with Crippen LogP contribution in [0.3, 0.4) is 0 Å². The molecule has 0 aromatic heterocycles. The zero-order valence-electron chi connectivity index (χ0n) is 13.7. The molecule has 0 radical (unpaired) electrons. The van der Waals surface area contributed by atoms with Gasteiger partial charge in [0.05, 0.1) is 16.7 Å². The maximum Gasteiger partial charge on any atom is 0.226 e. The van der Waals surface area contributed by atoms with Crippen molar-refractivity contribution in [3.8, 4) is 0 Å². The smallest absolute Gasteiger partial charge is 0.226 e. The molecule has 5 heteroatoms. The van der Waals surface area contributed by atoms with Crippen LogP contribution in [0, 0.1) is 23.2 Å². The Balaban J connectivity index is 1.42. The highest BCUT2D eigenvalue weighted by Gasteiger charge is 2.55. The summed E-state index contributed by atoms with van der Waals surface area (Å²) in [4.78, 5) is 13.6. The second kappa shape index (κ2) is 4.84. The Kier molecular flexibility index (Phi) is 3.01. The van der Waals surface area contributed by atoms with Gasteiger partial charge in [-0.3, -0.25) is 4.79 Å². The van der Waals surface area contributed by atoms with E-state index in [2.05, 4.69) is 5.32 Å². The lowest BCUT2D eigenvalue weighted by molar-refractivity contribution is -0.146. The molecule has 0 unspecified atom stereocenters. The summed E-state index contributed by atoms with van der Waals surface area (Å²) in [5, 5.41) is 3.13. The van der Waals surface area contributed by atoms with Crippen LogP contribution in [0.5, 0.6) is 0 Å². The van der Waals surface area contributed by atoms with E-state index < -0.39 is 9.84 Å². The molecule has 4 bridgehead atoms. The number of carbonyl (C=O) groups excluding carboxylic acids is 1. The SMILES string of the molecule is O=C(N[C@H]1CS(=O)(=O)c2ccccc21)C12CC3CC(CC(C3)C1)C2. The third-order valence-corrected chi connectivity index (χ3v) is 8.65. The number of rotatable bonds is 2. The van der Waals surface area contributed by atoms with E-state index in [1.807, 2.05) is 12.1 Å². The van der Waals surface area contributed by atoms with Gasteiger partial charge in [-0.2, -0.15) is 0 Å². The van der Waals surface area contributed by atoms with Gasteiger partial charge in [0, 0.05) is 5.41 Å². The third kappa shape index (κ3) is 2.10. The first-order chi connectivity index (χ1) is 11.5. The van der Waals surface area contributed by atoms with Crippen LogP contribution < -0.4 is 5.32 Å². The van der Waals surface area contributed by atoms with Crippen molar-refractivity contribution in [3.05, 3.63) is 29.8 Å². The minimum absolute atomic E-state index is 0.00442. The van der Waals surface area contributed by atoms with E-state index in [-0.39, 0.29) is 23.1 Å². The summed E-state index contributed by atoms with van der Waals surface area (Å²) >= 11 is 0. The first-order valence-corrected chi connectivity index (χ1v) is 10.7. The summed E-state index contributed by atoms with van der Waals surface area (Å²) in [5.41, 5.74) is 0.534. The summed E-state index contributed by atoms with van der Waals surface area (Å²) in [7, 11) is -3.27. The molecule has 4 fully saturated rings. The third-order valence-electron chi connectivity index (χ3n) is 6.84. The molecule has 1 amide bonds. The Morgan fingerprint density at radius 1 is 1.00 bits per heavy atom. The molecule has 1 N–H and O–H groups in total. The lowest BCUT2D eigenvalue weighted by atomic mass is 9.49. The van der Waals surface area contributed by atoms with Gasteiger partial charge >= 0.3 is 0 Å². The average Bonchev–Trinajstić information content (AvgIpc) is 2.77. The van der Waals surface area contributed by atoms with E-state index in [0.29, 0.717) is 22.6 Å². The highest BCUT2D eigenvalue weighted by atomic mass is 32.2. The minimum atomic E-state index is -3.27. The van der Waals surface area contributed by atoms with Gasteiger partial charge in [0.1, 0.15) is 0 Å². The van der Waals surface area contributed by atoms with Crippen molar-refractivity contribution in [2.24, 2.45) is 23.2 Å². The monoisotopic (exact) mass is 345 g/mol. The van der Waals surface area contributed by atoms with Crippen LogP contribution in [-0.2, 0) is 14.6 Å². The molecule has 1 aromatic carbocycles. The van der Waals surface area contributed by atoms with Gasteiger partial charge in [-0.25, -0.2) is 8.42 Å². The topological polar surface area (TPSA) is 63.2 Å². The molecular weight excluding hydrogens is 322 g/mol. The molecule has 1 atom stereocenters. The maximum absolute atomic E-state index is 13.2. The molecule has 24 heavy (non-hydrogen) atoms. The Bertz CT molecular complexity index is 778. The van der Waals surface area contributed by atoms with Crippen LogP contribution in [0.15, 0.2) is 29.2 Å². The number of hydrogen-bond acceptors (Lipinski definition) is 3. The number of carbonyl (C=O) groups is 1. The van der Waals surface area contributed by atoms with Gasteiger partial charge < -0.3 is 5.32 Å². The number of fused-ring (bicyclic) bond motifs is 1. The van der Waals surface area contributed by atoms with E-state index in [1.54, 1.807) is 12.1 Å². The molecule has 0 saturated heterocycles. The van der Waals surface area contributed by atoms with Gasteiger partial charge in [-0.05, 0) is 67.9 Å². The van der Waals surface area contributed by atoms with Crippen LogP contribution in [0.2, 0.25) is 0 Å². The first kappa shape index (κ1) is 14.9. The van der Waals surface area contributed by atoms with Gasteiger partial charge in [0.25, 0.3) is 0 Å². The summed E-state index contributed by atoms with van der Waals surface area (Å²) in [6.45, 7) is 0. The number of benzene rings is 1. The molecule has 5 aliphatic rings. The zero-order valence-corrected chi connectivity index (χ0v) is 14.5. The highest BCUT2D eigenvalue weighted by Crippen LogP contribution is 2.60. The Morgan fingerprint density at radius 2 is 1.58 bits per heavy atom. The molecule has 0 spiro atoms. The largest absolute Gasteiger partial charge is 0.348 e. The fourth-order valence-corrected chi connectivity index (χ4v) is 8.01.